The van der Waals surface area contributed by atoms with E-state index < -0.39 is 0 Å². The van der Waals surface area contributed by atoms with Crippen LogP contribution in [0.1, 0.15) is 90.9 Å². The second-order valence-electron chi connectivity index (χ2n) is 4.98. The van der Waals surface area contributed by atoms with Gasteiger partial charge in [0.2, 0.25) is 0 Å². The predicted octanol–water partition coefficient (Wildman–Crippen LogP) is 3.76. The average molecular weight is 303 g/mol. The van der Waals surface area contributed by atoms with Crippen molar-refractivity contribution in [3.63, 3.8) is 0 Å². The van der Waals surface area contributed by atoms with E-state index in [-0.39, 0.29) is 37.7 Å². The summed E-state index contributed by atoms with van der Waals surface area (Å²) in [5, 5.41) is 16.8. The van der Waals surface area contributed by atoms with Crippen molar-refractivity contribution in [3.05, 3.63) is 0 Å². The number of aliphatic hydroxyl groups is 2. The Morgan fingerprint density at radius 1 is 0.474 bits per heavy atom. The molecule has 0 aliphatic carbocycles. The first-order chi connectivity index (χ1) is 8.83. The normalized spacial score (nSPS) is 9.47. The van der Waals surface area contributed by atoms with Gasteiger partial charge in [-0.15, -0.1) is 0 Å². The number of unbranched alkanes of at least 4 members (excludes halogenated alkanes) is 10. The molecule has 0 aromatic carbocycles. The molecule has 0 aliphatic heterocycles. The van der Waals surface area contributed by atoms with Gasteiger partial charge in [0.25, 0.3) is 0 Å². The molecule has 0 unspecified atom stereocenters. The number of rotatable bonds is 12. The summed E-state index contributed by atoms with van der Waals surface area (Å²) in [6, 6.07) is 0. The van der Waals surface area contributed by atoms with Crippen LogP contribution in [0.15, 0.2) is 0 Å². The molecule has 2 nitrogen and oxygen atoms in total. The molecule has 0 bridgehead atoms. The zero-order valence-corrected chi connectivity index (χ0v) is 12.8. The molecule has 3 heteroatoms. The molecule has 19 heavy (non-hydrogen) atoms. The Balaban J connectivity index is -0.000000256. The third kappa shape index (κ3) is 32.6. The SMILES string of the molecule is CCCCCCCCO.CCCCCCCCO.[CaH2]. The van der Waals surface area contributed by atoms with Crippen LogP contribution in [0.5, 0.6) is 0 Å². The standard InChI is InChI=1S/2C8H18O.Ca.2H/c2*1-2-3-4-5-6-7-8-9;;;/h2*9H,2-8H2,1H3;;;. The molecule has 0 radical (unpaired) electrons. The van der Waals surface area contributed by atoms with Crippen LogP contribution in [0.2, 0.25) is 0 Å². The van der Waals surface area contributed by atoms with Crippen molar-refractivity contribution in [1.29, 1.82) is 0 Å². The minimum atomic E-state index is 0. The van der Waals surface area contributed by atoms with Crippen molar-refractivity contribution >= 4 is 37.7 Å². The summed E-state index contributed by atoms with van der Waals surface area (Å²) >= 11 is 0. The first-order valence-corrected chi connectivity index (χ1v) is 8.05. The first-order valence-electron chi connectivity index (χ1n) is 8.05. The average Bonchev–Trinajstić information content (AvgIpc) is 2.39. The van der Waals surface area contributed by atoms with Crippen molar-refractivity contribution in [2.24, 2.45) is 0 Å². The van der Waals surface area contributed by atoms with E-state index in [1.165, 1.54) is 64.2 Å². The fourth-order valence-electron chi connectivity index (χ4n) is 1.78. The Labute approximate surface area is 151 Å². The molecule has 0 fully saturated rings. The van der Waals surface area contributed by atoms with Crippen LogP contribution in [0.4, 0.5) is 0 Å². The van der Waals surface area contributed by atoms with Crippen LogP contribution in [0, 0.1) is 0 Å². The Kier molecular flexibility index (Phi) is 36.4. The molecule has 0 aliphatic rings. The van der Waals surface area contributed by atoms with E-state index in [2.05, 4.69) is 13.8 Å². The molecule has 116 valence electrons. The third-order valence-corrected chi connectivity index (χ3v) is 3.02. The third-order valence-electron chi connectivity index (χ3n) is 3.02. The van der Waals surface area contributed by atoms with Gasteiger partial charge in [0.1, 0.15) is 0 Å². The summed E-state index contributed by atoms with van der Waals surface area (Å²) in [5.74, 6) is 0. The van der Waals surface area contributed by atoms with E-state index in [1.807, 2.05) is 0 Å². The van der Waals surface area contributed by atoms with Crippen molar-refractivity contribution in [1.82, 2.24) is 0 Å². The first kappa shape index (κ1) is 25.2. The summed E-state index contributed by atoms with van der Waals surface area (Å²) < 4.78 is 0. The van der Waals surface area contributed by atoms with Gasteiger partial charge in [-0.1, -0.05) is 78.1 Å². The quantitative estimate of drug-likeness (QED) is 0.426. The second kappa shape index (κ2) is 27.5. The van der Waals surface area contributed by atoms with Gasteiger partial charge in [0.05, 0.1) is 0 Å². The fourth-order valence-corrected chi connectivity index (χ4v) is 1.78. The fraction of sp³-hybridized carbons (Fsp3) is 1.00. The van der Waals surface area contributed by atoms with Gasteiger partial charge < -0.3 is 10.2 Å². The van der Waals surface area contributed by atoms with E-state index in [1.54, 1.807) is 0 Å². The van der Waals surface area contributed by atoms with Gasteiger partial charge >= 0.3 is 37.7 Å². The van der Waals surface area contributed by atoms with Crippen molar-refractivity contribution in [3.8, 4) is 0 Å². The molecular weight excluding hydrogens is 264 g/mol. The number of aliphatic hydroxyl groups excluding tert-OH is 2. The summed E-state index contributed by atoms with van der Waals surface area (Å²) in [6.07, 6.45) is 15.0. The van der Waals surface area contributed by atoms with E-state index >= 15 is 0 Å². The van der Waals surface area contributed by atoms with Gasteiger partial charge in [-0.05, 0) is 12.8 Å². The van der Waals surface area contributed by atoms with E-state index in [4.69, 9.17) is 10.2 Å². The van der Waals surface area contributed by atoms with Crippen LogP contribution in [-0.4, -0.2) is 61.2 Å². The molecule has 0 spiro atoms. The predicted molar refractivity (Wildman–Crippen MR) is 89.5 cm³/mol. The molecule has 0 rings (SSSR count). The molecular formula is C16H38CaO2. The monoisotopic (exact) mass is 302 g/mol. The van der Waals surface area contributed by atoms with Crippen LogP contribution in [-0.2, 0) is 0 Å². The molecule has 0 heterocycles. The summed E-state index contributed by atoms with van der Waals surface area (Å²) in [7, 11) is 0. The topological polar surface area (TPSA) is 40.5 Å². The Morgan fingerprint density at radius 3 is 1.00 bits per heavy atom. The van der Waals surface area contributed by atoms with Crippen LogP contribution in [0.25, 0.3) is 0 Å². The van der Waals surface area contributed by atoms with Gasteiger partial charge in [0.15, 0.2) is 0 Å². The van der Waals surface area contributed by atoms with Crippen LogP contribution < -0.4 is 0 Å². The number of hydrogen-bond donors (Lipinski definition) is 2. The minimum absolute atomic E-state index is 0. The molecule has 0 saturated heterocycles. The van der Waals surface area contributed by atoms with E-state index in [0.717, 1.165) is 12.8 Å². The zero-order chi connectivity index (χ0) is 13.9. The Hall–Kier alpha value is 1.18. The van der Waals surface area contributed by atoms with Crippen LogP contribution >= 0.6 is 0 Å². The summed E-state index contributed by atoms with van der Waals surface area (Å²) in [6.45, 7) is 5.16. The van der Waals surface area contributed by atoms with Crippen molar-refractivity contribution in [2.45, 2.75) is 90.9 Å². The number of hydrogen-bond acceptors (Lipinski definition) is 2. The summed E-state index contributed by atoms with van der Waals surface area (Å²) in [5.41, 5.74) is 0. The molecule has 0 atom stereocenters. The summed E-state index contributed by atoms with van der Waals surface area (Å²) in [4.78, 5) is 0. The van der Waals surface area contributed by atoms with E-state index in [9.17, 15) is 0 Å². The zero-order valence-electron chi connectivity index (χ0n) is 12.8. The van der Waals surface area contributed by atoms with Gasteiger partial charge in [-0.3, -0.25) is 0 Å². The van der Waals surface area contributed by atoms with Gasteiger partial charge in [-0.2, -0.15) is 0 Å². The maximum atomic E-state index is 8.42. The molecule has 0 saturated carbocycles. The molecule has 0 aromatic rings. The molecule has 0 aromatic heterocycles. The molecule has 2 N–H and O–H groups in total. The van der Waals surface area contributed by atoms with E-state index in [0.29, 0.717) is 13.2 Å². The molecule has 0 amide bonds. The second-order valence-corrected chi connectivity index (χ2v) is 4.98. The van der Waals surface area contributed by atoms with Crippen molar-refractivity contribution in [2.75, 3.05) is 13.2 Å². The van der Waals surface area contributed by atoms with Crippen LogP contribution in [0.3, 0.4) is 0 Å². The Bertz CT molecular complexity index is 95.3. The maximum absolute atomic E-state index is 8.42. The van der Waals surface area contributed by atoms with Gasteiger partial charge in [-0.25, -0.2) is 0 Å². The van der Waals surface area contributed by atoms with Crippen molar-refractivity contribution < 1.29 is 10.2 Å². The Morgan fingerprint density at radius 2 is 0.737 bits per heavy atom. The van der Waals surface area contributed by atoms with Gasteiger partial charge in [0, 0.05) is 13.2 Å².